The maximum Gasteiger partial charge on any atom is 0.261 e. The third kappa shape index (κ3) is 4.78. The molecule has 1 radical (unpaired) electrons. The molecular weight excluding hydrogens is 448 g/mol. The molecule has 0 atom stereocenters. The minimum Gasteiger partial charge on any atom is -0.504 e. The largest absolute Gasteiger partial charge is 0.504 e. The molecule has 0 aliphatic rings. The maximum absolute atomic E-state index is 11.9. The first-order valence-corrected chi connectivity index (χ1v) is 9.60. The van der Waals surface area contributed by atoms with Gasteiger partial charge in [-0.15, -0.1) is 0 Å². The molecule has 8 nitrogen and oxygen atoms in total. The summed E-state index contributed by atoms with van der Waals surface area (Å²) in [5, 5.41) is 19.0. The Morgan fingerprint density at radius 2 is 1.10 bits per heavy atom. The summed E-state index contributed by atoms with van der Waals surface area (Å²) < 4.78 is 2.73. The van der Waals surface area contributed by atoms with Gasteiger partial charge in [0.25, 0.3) is 11.1 Å². The van der Waals surface area contributed by atoms with E-state index in [1.165, 1.54) is 33.3 Å². The number of nitrogens with zero attached hydrogens (tertiary/aromatic N) is 4. The molecule has 0 aliphatic carbocycles. The third-order valence-corrected chi connectivity index (χ3v) is 4.72. The minimum atomic E-state index is -0.120. The molecule has 0 amide bonds. The van der Waals surface area contributed by atoms with Gasteiger partial charge in [-0.25, -0.2) is 9.97 Å². The Kier molecular flexibility index (Phi) is 7.59. The van der Waals surface area contributed by atoms with Gasteiger partial charge in [-0.1, -0.05) is 27.7 Å². The number of rotatable bonds is 2. The molecule has 2 N–H and O–H groups in total. The van der Waals surface area contributed by atoms with E-state index in [1.807, 2.05) is 27.7 Å². The Labute approximate surface area is 189 Å². The van der Waals surface area contributed by atoms with E-state index in [0.29, 0.717) is 22.4 Å². The van der Waals surface area contributed by atoms with Crippen LogP contribution in [0.5, 0.6) is 11.5 Å². The Balaban J connectivity index is 0.000000213. The second-order valence-electron chi connectivity index (χ2n) is 7.52. The second kappa shape index (κ2) is 9.76. The average molecular weight is 472 g/mol. The number of pyridine rings is 2. The fourth-order valence-corrected chi connectivity index (χ4v) is 3.00. The van der Waals surface area contributed by atoms with Crippen LogP contribution in [0.4, 0.5) is 0 Å². The summed E-state index contributed by atoms with van der Waals surface area (Å²) in [6.07, 6.45) is 6.27. The van der Waals surface area contributed by atoms with Crippen molar-refractivity contribution in [2.24, 2.45) is 0 Å². The Morgan fingerprint density at radius 1 is 0.742 bits per heavy atom. The number of fused-ring (bicyclic) bond motifs is 2. The van der Waals surface area contributed by atoms with Crippen LogP contribution in [-0.2, 0) is 17.1 Å². The molecule has 9 heteroatoms. The predicted octanol–water partition coefficient (Wildman–Crippen LogP) is 3.04. The molecule has 31 heavy (non-hydrogen) atoms. The first-order chi connectivity index (χ1) is 14.2. The zero-order chi connectivity index (χ0) is 22.0. The summed E-state index contributed by atoms with van der Waals surface area (Å²) in [5.41, 5.74) is 1.66. The molecule has 0 unspecified atom stereocenters. The Bertz CT molecular complexity index is 1230. The van der Waals surface area contributed by atoms with E-state index in [1.54, 1.807) is 24.5 Å². The summed E-state index contributed by atoms with van der Waals surface area (Å²) >= 11 is 0. The molecule has 0 aromatic carbocycles. The van der Waals surface area contributed by atoms with Gasteiger partial charge in [-0.2, -0.15) is 0 Å². The molecule has 0 bridgehead atoms. The van der Waals surface area contributed by atoms with Crippen LogP contribution in [0.3, 0.4) is 0 Å². The van der Waals surface area contributed by atoms with Crippen molar-refractivity contribution < 1.29 is 27.3 Å². The molecule has 0 spiro atoms. The normalized spacial score (nSPS) is 10.8. The molecule has 0 saturated carbocycles. The van der Waals surface area contributed by atoms with Crippen molar-refractivity contribution in [3.63, 3.8) is 0 Å². The Hall–Kier alpha value is -3.16. The van der Waals surface area contributed by atoms with E-state index in [2.05, 4.69) is 9.97 Å². The van der Waals surface area contributed by atoms with Crippen molar-refractivity contribution in [2.45, 2.75) is 39.5 Å². The molecule has 0 fully saturated rings. The maximum atomic E-state index is 11.9. The topological polar surface area (TPSA) is 109 Å². The zero-order valence-electron chi connectivity index (χ0n) is 17.6. The minimum absolute atomic E-state index is 0. The van der Waals surface area contributed by atoms with Gasteiger partial charge in [0.15, 0.2) is 22.8 Å². The molecule has 167 valence electrons. The van der Waals surface area contributed by atoms with Crippen molar-refractivity contribution in [1.29, 1.82) is 0 Å². The van der Waals surface area contributed by atoms with E-state index >= 15 is 0 Å². The van der Waals surface area contributed by atoms with Crippen LogP contribution in [0.25, 0.3) is 11.3 Å². The van der Waals surface area contributed by atoms with Gasteiger partial charge in [0, 0.05) is 53.0 Å². The quantitative estimate of drug-likeness (QED) is 0.435. The average Bonchev–Trinajstić information content (AvgIpc) is 2.70. The summed E-state index contributed by atoms with van der Waals surface area (Å²) in [4.78, 5) is 32.0. The van der Waals surface area contributed by atoms with Crippen LogP contribution < -0.4 is 11.1 Å². The van der Waals surface area contributed by atoms with Crippen LogP contribution in [0.15, 0.2) is 58.6 Å². The van der Waals surface area contributed by atoms with Crippen LogP contribution in [-0.4, -0.2) is 29.0 Å². The van der Waals surface area contributed by atoms with Crippen molar-refractivity contribution >= 4 is 11.3 Å². The van der Waals surface area contributed by atoms with Crippen molar-refractivity contribution in [3.05, 3.63) is 80.9 Å². The fraction of sp³-hybridized carbons (Fsp3) is 0.273. The van der Waals surface area contributed by atoms with Crippen molar-refractivity contribution in [2.75, 3.05) is 0 Å². The number of hydrogen-bond acceptors (Lipinski definition) is 6. The zero-order valence-corrected chi connectivity index (χ0v) is 18.5. The molecule has 4 rings (SSSR count). The third-order valence-electron chi connectivity index (χ3n) is 4.72. The standard InChI is InChI=1S/2C11H12N2O2.Cu/c2*1-7(2)8-6-12-10-9(14)4-3-5-13(10)11(8)15;/h2*3-7,14H,1-2H3;. The summed E-state index contributed by atoms with van der Waals surface area (Å²) in [6.45, 7) is 7.75. The molecule has 4 aromatic heterocycles. The fourth-order valence-electron chi connectivity index (χ4n) is 3.00. The SMILES string of the molecule is CC(C)c1cnc2c(O)cccn2c1=O.CC(C)c1cnc2c(O)cccn2c1=O.[Cu]. The molecule has 4 heterocycles. The van der Waals surface area contributed by atoms with Crippen LogP contribution >= 0.6 is 0 Å². The van der Waals surface area contributed by atoms with Crippen LogP contribution in [0.2, 0.25) is 0 Å². The molecule has 0 aliphatic heterocycles. The van der Waals surface area contributed by atoms with E-state index < -0.39 is 0 Å². The van der Waals surface area contributed by atoms with Gasteiger partial charge in [0.2, 0.25) is 0 Å². The first kappa shape index (κ1) is 24.1. The van der Waals surface area contributed by atoms with Crippen LogP contribution in [0, 0.1) is 0 Å². The monoisotopic (exact) mass is 471 g/mol. The van der Waals surface area contributed by atoms with Gasteiger partial charge >= 0.3 is 0 Å². The molecule has 4 aromatic rings. The first-order valence-electron chi connectivity index (χ1n) is 9.60. The predicted molar refractivity (Wildman–Crippen MR) is 114 cm³/mol. The second-order valence-corrected chi connectivity index (χ2v) is 7.52. The van der Waals surface area contributed by atoms with Gasteiger partial charge in [0.05, 0.1) is 0 Å². The Morgan fingerprint density at radius 3 is 1.42 bits per heavy atom. The van der Waals surface area contributed by atoms with Crippen molar-refractivity contribution in [3.8, 4) is 11.5 Å². The summed E-state index contributed by atoms with van der Waals surface area (Å²) in [5.74, 6) is 0.295. The van der Waals surface area contributed by atoms with Gasteiger partial charge in [-0.05, 0) is 36.1 Å². The van der Waals surface area contributed by atoms with E-state index in [4.69, 9.17) is 0 Å². The smallest absolute Gasteiger partial charge is 0.261 e. The van der Waals surface area contributed by atoms with E-state index in [-0.39, 0.29) is 51.5 Å². The van der Waals surface area contributed by atoms with Crippen LogP contribution in [0.1, 0.15) is 50.7 Å². The summed E-state index contributed by atoms with van der Waals surface area (Å²) in [6, 6.07) is 6.26. The van der Waals surface area contributed by atoms with Gasteiger partial charge in [0.1, 0.15) is 0 Å². The van der Waals surface area contributed by atoms with E-state index in [0.717, 1.165) is 0 Å². The molecular formula is C22H24CuN4O4. The number of hydrogen-bond donors (Lipinski definition) is 2. The van der Waals surface area contributed by atoms with Gasteiger partial charge < -0.3 is 10.2 Å². The number of aromatic nitrogens is 4. The number of aromatic hydroxyl groups is 2. The summed E-state index contributed by atoms with van der Waals surface area (Å²) in [7, 11) is 0. The van der Waals surface area contributed by atoms with Gasteiger partial charge in [-0.3, -0.25) is 18.4 Å². The van der Waals surface area contributed by atoms with E-state index in [9.17, 15) is 19.8 Å². The van der Waals surface area contributed by atoms with Crippen molar-refractivity contribution in [1.82, 2.24) is 18.8 Å². The molecule has 0 saturated heterocycles.